The lowest BCUT2D eigenvalue weighted by molar-refractivity contribution is -0.141. The predicted molar refractivity (Wildman–Crippen MR) is 76.5 cm³/mol. The van der Waals surface area contributed by atoms with Crippen LogP contribution >= 0.6 is 0 Å². The Morgan fingerprint density at radius 3 is 2.45 bits per heavy atom. The highest BCUT2D eigenvalue weighted by molar-refractivity contribution is 5.75. The Balaban J connectivity index is 1.78. The first-order valence-electron chi connectivity index (χ1n) is 7.72. The number of hydrogen-bond donors (Lipinski definition) is 2. The van der Waals surface area contributed by atoms with Crippen LogP contribution in [0.15, 0.2) is 0 Å². The van der Waals surface area contributed by atoms with Gasteiger partial charge in [0.2, 0.25) is 0 Å². The van der Waals surface area contributed by atoms with E-state index in [4.69, 9.17) is 5.11 Å². The van der Waals surface area contributed by atoms with Crippen molar-refractivity contribution < 1.29 is 14.7 Å². The fourth-order valence-electron chi connectivity index (χ4n) is 3.21. The molecule has 0 radical (unpaired) electrons. The maximum absolute atomic E-state index is 12.2. The standard InChI is InChI=1S/C15H26N2O3/c1-3-15(2)6-8-17(9-7-15)14(20)16-12-5-4-11(10-12)13(18)19/h11-12H,3-10H2,1-2H3,(H,16,20)(H,18,19). The van der Waals surface area contributed by atoms with Crippen LogP contribution in [-0.4, -0.2) is 41.1 Å². The van der Waals surface area contributed by atoms with Gasteiger partial charge < -0.3 is 15.3 Å². The van der Waals surface area contributed by atoms with Crippen molar-refractivity contribution in [1.29, 1.82) is 0 Å². The normalized spacial score (nSPS) is 29.2. The van der Waals surface area contributed by atoms with E-state index in [9.17, 15) is 9.59 Å². The molecule has 2 amide bonds. The molecule has 0 bridgehead atoms. The summed E-state index contributed by atoms with van der Waals surface area (Å²) < 4.78 is 0. The first-order valence-corrected chi connectivity index (χ1v) is 7.72. The first-order chi connectivity index (χ1) is 9.43. The lowest BCUT2D eigenvalue weighted by Gasteiger charge is -2.39. The molecule has 0 aromatic heterocycles. The van der Waals surface area contributed by atoms with Crippen LogP contribution in [0, 0.1) is 11.3 Å². The van der Waals surface area contributed by atoms with Crippen molar-refractivity contribution in [1.82, 2.24) is 10.2 Å². The number of urea groups is 1. The zero-order valence-electron chi connectivity index (χ0n) is 12.5. The molecule has 1 aliphatic heterocycles. The van der Waals surface area contributed by atoms with Crippen molar-refractivity contribution in [3.8, 4) is 0 Å². The van der Waals surface area contributed by atoms with Crippen LogP contribution in [0.1, 0.15) is 52.4 Å². The van der Waals surface area contributed by atoms with E-state index in [0.717, 1.165) is 38.8 Å². The van der Waals surface area contributed by atoms with Crippen molar-refractivity contribution in [2.24, 2.45) is 11.3 Å². The van der Waals surface area contributed by atoms with Crippen molar-refractivity contribution in [3.63, 3.8) is 0 Å². The third kappa shape index (κ3) is 3.44. The number of carbonyl (C=O) groups excluding carboxylic acids is 1. The highest BCUT2D eigenvalue weighted by Crippen LogP contribution is 2.34. The summed E-state index contributed by atoms with van der Waals surface area (Å²) in [4.78, 5) is 25.0. The zero-order chi connectivity index (χ0) is 14.8. The Morgan fingerprint density at radius 1 is 1.30 bits per heavy atom. The summed E-state index contributed by atoms with van der Waals surface area (Å²) in [5.41, 5.74) is 0.374. The van der Waals surface area contributed by atoms with Crippen molar-refractivity contribution >= 4 is 12.0 Å². The van der Waals surface area contributed by atoms with E-state index >= 15 is 0 Å². The molecule has 114 valence electrons. The highest BCUT2D eigenvalue weighted by atomic mass is 16.4. The number of rotatable bonds is 3. The van der Waals surface area contributed by atoms with Crippen LogP contribution in [0.3, 0.4) is 0 Å². The minimum Gasteiger partial charge on any atom is -0.481 e. The van der Waals surface area contributed by atoms with Crippen molar-refractivity contribution in [2.75, 3.05) is 13.1 Å². The Morgan fingerprint density at radius 2 is 1.95 bits per heavy atom. The molecule has 1 heterocycles. The number of carbonyl (C=O) groups is 2. The smallest absolute Gasteiger partial charge is 0.317 e. The van der Waals surface area contributed by atoms with Gasteiger partial charge in [0.1, 0.15) is 0 Å². The van der Waals surface area contributed by atoms with Gasteiger partial charge in [0, 0.05) is 19.1 Å². The number of likely N-dealkylation sites (tertiary alicyclic amines) is 1. The summed E-state index contributed by atoms with van der Waals surface area (Å²) in [6.07, 6.45) is 5.29. The molecule has 5 heteroatoms. The number of nitrogens with one attached hydrogen (secondary N) is 1. The molecule has 2 rings (SSSR count). The van der Waals surface area contributed by atoms with Crippen molar-refractivity contribution in [3.05, 3.63) is 0 Å². The molecule has 1 saturated carbocycles. The summed E-state index contributed by atoms with van der Waals surface area (Å²) in [6, 6.07) is 0.0160. The van der Waals surface area contributed by atoms with Gasteiger partial charge in [-0.2, -0.15) is 0 Å². The molecule has 1 saturated heterocycles. The summed E-state index contributed by atoms with van der Waals surface area (Å²) >= 11 is 0. The molecular formula is C15H26N2O3. The number of amides is 2. The van der Waals surface area contributed by atoms with Gasteiger partial charge in [0.15, 0.2) is 0 Å². The van der Waals surface area contributed by atoms with Crippen molar-refractivity contribution in [2.45, 2.75) is 58.4 Å². The van der Waals surface area contributed by atoms with Gasteiger partial charge in [-0.1, -0.05) is 20.3 Å². The van der Waals surface area contributed by atoms with E-state index < -0.39 is 5.97 Å². The van der Waals surface area contributed by atoms with E-state index in [2.05, 4.69) is 19.2 Å². The van der Waals surface area contributed by atoms with Crippen LogP contribution in [-0.2, 0) is 4.79 Å². The SMILES string of the molecule is CCC1(C)CCN(C(=O)NC2CCC(C(=O)O)C2)CC1. The van der Waals surface area contributed by atoms with Gasteiger partial charge >= 0.3 is 12.0 Å². The largest absolute Gasteiger partial charge is 0.481 e. The number of carboxylic acid groups (broad SMARTS) is 1. The minimum absolute atomic E-state index is 0.0146. The van der Waals surface area contributed by atoms with E-state index in [1.54, 1.807) is 0 Å². The fourth-order valence-corrected chi connectivity index (χ4v) is 3.21. The summed E-state index contributed by atoms with van der Waals surface area (Å²) in [7, 11) is 0. The Hall–Kier alpha value is -1.26. The third-order valence-electron chi connectivity index (χ3n) is 5.22. The number of carboxylic acids is 1. The average Bonchev–Trinajstić information content (AvgIpc) is 2.88. The van der Waals surface area contributed by atoms with Crippen LogP contribution in [0.25, 0.3) is 0 Å². The van der Waals surface area contributed by atoms with E-state index in [1.807, 2.05) is 4.90 Å². The number of nitrogens with zero attached hydrogens (tertiary/aromatic N) is 1. The Bertz CT molecular complexity index is 375. The molecule has 2 N–H and O–H groups in total. The number of aliphatic carboxylic acids is 1. The molecule has 1 aliphatic carbocycles. The summed E-state index contributed by atoms with van der Waals surface area (Å²) in [5, 5.41) is 12.0. The van der Waals surface area contributed by atoms with Gasteiger partial charge in [0.05, 0.1) is 5.92 Å². The lowest BCUT2D eigenvalue weighted by Crippen LogP contribution is -2.49. The van der Waals surface area contributed by atoms with E-state index in [-0.39, 0.29) is 18.0 Å². The van der Waals surface area contributed by atoms with Gasteiger partial charge in [-0.3, -0.25) is 4.79 Å². The fraction of sp³-hybridized carbons (Fsp3) is 0.867. The zero-order valence-corrected chi connectivity index (χ0v) is 12.5. The maximum Gasteiger partial charge on any atom is 0.317 e. The second kappa shape index (κ2) is 6.02. The second-order valence-electron chi connectivity index (χ2n) is 6.65. The quantitative estimate of drug-likeness (QED) is 0.835. The van der Waals surface area contributed by atoms with Gasteiger partial charge in [-0.05, 0) is 37.5 Å². The topological polar surface area (TPSA) is 69.6 Å². The minimum atomic E-state index is -0.738. The maximum atomic E-state index is 12.2. The number of piperidine rings is 1. The molecule has 5 nitrogen and oxygen atoms in total. The monoisotopic (exact) mass is 282 g/mol. The molecule has 0 aromatic rings. The molecule has 0 spiro atoms. The molecule has 2 atom stereocenters. The molecular weight excluding hydrogens is 256 g/mol. The first kappa shape index (κ1) is 15.1. The van der Waals surface area contributed by atoms with Gasteiger partial charge in [-0.15, -0.1) is 0 Å². The third-order valence-corrected chi connectivity index (χ3v) is 5.22. The van der Waals surface area contributed by atoms with Crippen LogP contribution in [0.2, 0.25) is 0 Å². The Kier molecular flexibility index (Phi) is 4.55. The predicted octanol–water partition coefficient (Wildman–Crippen LogP) is 2.46. The van der Waals surface area contributed by atoms with Gasteiger partial charge in [-0.25, -0.2) is 4.79 Å². The van der Waals surface area contributed by atoms with Crippen LogP contribution in [0.5, 0.6) is 0 Å². The second-order valence-corrected chi connectivity index (χ2v) is 6.65. The molecule has 2 fully saturated rings. The molecule has 2 aliphatic rings. The van der Waals surface area contributed by atoms with Crippen LogP contribution < -0.4 is 5.32 Å². The average molecular weight is 282 g/mol. The summed E-state index contributed by atoms with van der Waals surface area (Å²) in [6.45, 7) is 6.12. The molecule has 2 unspecified atom stereocenters. The van der Waals surface area contributed by atoms with E-state index in [1.165, 1.54) is 0 Å². The number of hydrogen-bond acceptors (Lipinski definition) is 2. The Labute approximate surface area is 120 Å². The molecule has 20 heavy (non-hydrogen) atoms. The van der Waals surface area contributed by atoms with Gasteiger partial charge in [0.25, 0.3) is 0 Å². The lowest BCUT2D eigenvalue weighted by atomic mass is 9.78. The molecule has 0 aromatic carbocycles. The van der Waals surface area contributed by atoms with Crippen LogP contribution in [0.4, 0.5) is 4.79 Å². The highest BCUT2D eigenvalue weighted by Gasteiger charge is 2.34. The van der Waals surface area contributed by atoms with E-state index in [0.29, 0.717) is 18.3 Å². The summed E-state index contributed by atoms with van der Waals surface area (Å²) in [5.74, 6) is -1.02.